The molecule has 0 unspecified atom stereocenters. The number of morpholine rings is 2. The molecule has 2 aliphatic rings. The topological polar surface area (TPSA) is 121 Å². The van der Waals surface area contributed by atoms with Gasteiger partial charge in [0.15, 0.2) is 11.5 Å². The zero-order valence-electron chi connectivity index (χ0n) is 24.0. The number of nitrogens with zero attached hydrogens (tertiary/aromatic N) is 7. The maximum Gasteiger partial charge on any atom is 0.181 e. The minimum Gasteiger partial charge on any atom is -0.379 e. The van der Waals surface area contributed by atoms with Gasteiger partial charge in [-0.25, -0.2) is 14.4 Å². The van der Waals surface area contributed by atoms with E-state index in [9.17, 15) is 4.39 Å². The largest absolute Gasteiger partial charge is 0.379 e. The summed E-state index contributed by atoms with van der Waals surface area (Å²) in [6.07, 6.45) is 9.04. The summed E-state index contributed by atoms with van der Waals surface area (Å²) in [5.74, 6) is 0.290. The number of halogens is 1. The van der Waals surface area contributed by atoms with Gasteiger partial charge >= 0.3 is 0 Å². The van der Waals surface area contributed by atoms with E-state index < -0.39 is 0 Å². The first-order valence-electron chi connectivity index (χ1n) is 14.7. The zero-order chi connectivity index (χ0) is 29.5. The fourth-order valence-electron chi connectivity index (χ4n) is 5.98. The standard InChI is InChI=1S/C32H30FN9O2/c33-24-10-21(11-25(13-24)42-3-7-44-8-4-42)27-17-35-18-28-29(27)38-32(37-28)30-26-12-23(16-36-31(26)40-39-30)22-9-20(14-34-15-22)19-41-1-5-43-6-2-41/h9-18H,1-8,19H2,(H,37,38)(H,36,39,40). The van der Waals surface area contributed by atoms with Gasteiger partial charge in [-0.05, 0) is 41.5 Å². The molecule has 2 fully saturated rings. The quantitative estimate of drug-likeness (QED) is 0.290. The molecule has 0 amide bonds. The van der Waals surface area contributed by atoms with E-state index in [0.29, 0.717) is 41.5 Å². The minimum absolute atomic E-state index is 0.307. The van der Waals surface area contributed by atoms with Crippen LogP contribution < -0.4 is 4.90 Å². The molecule has 7 heterocycles. The van der Waals surface area contributed by atoms with Gasteiger partial charge in [0.2, 0.25) is 0 Å². The molecule has 2 saturated heterocycles. The Morgan fingerprint density at radius 2 is 1.59 bits per heavy atom. The number of nitrogens with one attached hydrogen (secondary N) is 2. The summed E-state index contributed by atoms with van der Waals surface area (Å²) in [5.41, 5.74) is 8.06. The number of rotatable bonds is 6. The first-order valence-corrected chi connectivity index (χ1v) is 14.7. The third kappa shape index (κ3) is 5.17. The van der Waals surface area contributed by atoms with Crippen molar-refractivity contribution in [3.8, 4) is 33.8 Å². The van der Waals surface area contributed by atoms with Gasteiger partial charge in [-0.2, -0.15) is 5.10 Å². The van der Waals surface area contributed by atoms with Gasteiger partial charge in [0, 0.05) is 79.9 Å². The number of hydrogen-bond acceptors (Lipinski definition) is 9. The molecule has 0 saturated carbocycles. The molecule has 0 aliphatic carbocycles. The Balaban J connectivity index is 1.14. The summed E-state index contributed by atoms with van der Waals surface area (Å²) in [4.78, 5) is 26.4. The Bertz CT molecular complexity index is 1960. The monoisotopic (exact) mass is 591 g/mol. The van der Waals surface area contributed by atoms with Crippen LogP contribution in [0.5, 0.6) is 0 Å². The number of hydrogen-bond donors (Lipinski definition) is 2. The molecule has 2 N–H and O–H groups in total. The number of anilines is 1. The molecule has 222 valence electrons. The summed E-state index contributed by atoms with van der Waals surface area (Å²) in [7, 11) is 0. The molecule has 11 nitrogen and oxygen atoms in total. The highest BCUT2D eigenvalue weighted by Gasteiger charge is 2.19. The van der Waals surface area contributed by atoms with Gasteiger partial charge in [-0.1, -0.05) is 0 Å². The molecule has 6 aromatic rings. The number of fused-ring (bicyclic) bond motifs is 2. The average Bonchev–Trinajstić information content (AvgIpc) is 3.69. The van der Waals surface area contributed by atoms with Crippen LogP contribution in [-0.2, 0) is 16.0 Å². The van der Waals surface area contributed by atoms with Crippen molar-refractivity contribution in [1.29, 1.82) is 0 Å². The highest BCUT2D eigenvalue weighted by Crippen LogP contribution is 2.34. The van der Waals surface area contributed by atoms with E-state index in [-0.39, 0.29) is 5.82 Å². The van der Waals surface area contributed by atoms with Crippen molar-refractivity contribution in [3.63, 3.8) is 0 Å². The third-order valence-electron chi connectivity index (χ3n) is 8.25. The van der Waals surface area contributed by atoms with Crippen molar-refractivity contribution in [2.45, 2.75) is 6.54 Å². The minimum atomic E-state index is -0.307. The predicted octanol–water partition coefficient (Wildman–Crippen LogP) is 4.43. The second-order valence-corrected chi connectivity index (χ2v) is 11.1. The van der Waals surface area contributed by atoms with Crippen molar-refractivity contribution in [2.75, 3.05) is 57.5 Å². The van der Waals surface area contributed by atoms with Crippen LogP contribution in [0.25, 0.3) is 55.8 Å². The van der Waals surface area contributed by atoms with Crippen molar-refractivity contribution >= 4 is 27.8 Å². The number of H-pyrrole nitrogens is 2. The average molecular weight is 592 g/mol. The summed E-state index contributed by atoms with van der Waals surface area (Å²) in [5, 5.41) is 8.38. The van der Waals surface area contributed by atoms with Crippen LogP contribution in [0.1, 0.15) is 5.56 Å². The number of pyridine rings is 3. The van der Waals surface area contributed by atoms with E-state index in [2.05, 4.69) is 52.1 Å². The van der Waals surface area contributed by atoms with Crippen LogP contribution in [0.4, 0.5) is 10.1 Å². The highest BCUT2D eigenvalue weighted by molar-refractivity contribution is 5.97. The highest BCUT2D eigenvalue weighted by atomic mass is 19.1. The number of imidazole rings is 1. The summed E-state index contributed by atoms with van der Waals surface area (Å²) < 4.78 is 25.8. The number of benzene rings is 1. The van der Waals surface area contributed by atoms with E-state index in [1.165, 1.54) is 6.07 Å². The van der Waals surface area contributed by atoms with Gasteiger partial charge in [-0.3, -0.25) is 20.0 Å². The van der Waals surface area contributed by atoms with Gasteiger partial charge in [-0.15, -0.1) is 0 Å². The van der Waals surface area contributed by atoms with Crippen LogP contribution in [0.15, 0.2) is 61.3 Å². The lowest BCUT2D eigenvalue weighted by Gasteiger charge is -2.29. The third-order valence-corrected chi connectivity index (χ3v) is 8.25. The lowest BCUT2D eigenvalue weighted by molar-refractivity contribution is 0.0341. The number of ether oxygens (including phenoxy) is 2. The Kier molecular flexibility index (Phi) is 6.93. The molecule has 0 bridgehead atoms. The molecular weight excluding hydrogens is 561 g/mol. The Morgan fingerprint density at radius 3 is 2.45 bits per heavy atom. The van der Waals surface area contributed by atoms with Crippen molar-refractivity contribution in [2.24, 2.45) is 0 Å². The summed E-state index contributed by atoms with van der Waals surface area (Å²) in [6, 6.07) is 9.30. The van der Waals surface area contributed by atoms with Gasteiger partial charge in [0.25, 0.3) is 0 Å². The molecule has 2 aliphatic heterocycles. The van der Waals surface area contributed by atoms with Gasteiger partial charge < -0.3 is 19.4 Å². The molecule has 0 atom stereocenters. The number of aromatic amines is 2. The smallest absolute Gasteiger partial charge is 0.181 e. The molecule has 0 spiro atoms. The second kappa shape index (κ2) is 11.4. The van der Waals surface area contributed by atoms with Crippen LogP contribution in [0.2, 0.25) is 0 Å². The maximum atomic E-state index is 14.9. The second-order valence-electron chi connectivity index (χ2n) is 11.1. The molecule has 8 rings (SSSR count). The first-order chi connectivity index (χ1) is 21.7. The van der Waals surface area contributed by atoms with E-state index in [1.54, 1.807) is 18.5 Å². The van der Waals surface area contributed by atoms with E-state index in [1.807, 2.05) is 24.7 Å². The molecule has 5 aromatic heterocycles. The Hall–Kier alpha value is -4.78. The summed E-state index contributed by atoms with van der Waals surface area (Å²) in [6.45, 7) is 6.85. The molecule has 1 aromatic carbocycles. The molecular formula is C32H30FN9O2. The Labute approximate surface area is 252 Å². The molecule has 0 radical (unpaired) electrons. The van der Waals surface area contributed by atoms with Crippen LogP contribution in [0.3, 0.4) is 0 Å². The Morgan fingerprint density at radius 1 is 0.795 bits per heavy atom. The van der Waals surface area contributed by atoms with Crippen LogP contribution in [-0.4, -0.2) is 92.6 Å². The van der Waals surface area contributed by atoms with E-state index >= 15 is 0 Å². The first kappa shape index (κ1) is 26.8. The van der Waals surface area contributed by atoms with Crippen molar-refractivity contribution in [1.82, 2.24) is 40.0 Å². The van der Waals surface area contributed by atoms with Crippen LogP contribution in [0, 0.1) is 5.82 Å². The van der Waals surface area contributed by atoms with Gasteiger partial charge in [0.05, 0.1) is 49.0 Å². The molecule has 44 heavy (non-hydrogen) atoms. The van der Waals surface area contributed by atoms with Crippen molar-refractivity contribution in [3.05, 3.63) is 72.7 Å². The fraction of sp³-hybridized carbons (Fsp3) is 0.281. The van der Waals surface area contributed by atoms with Crippen molar-refractivity contribution < 1.29 is 13.9 Å². The van der Waals surface area contributed by atoms with Gasteiger partial charge in [0.1, 0.15) is 11.5 Å². The molecule has 12 heteroatoms. The predicted molar refractivity (Wildman–Crippen MR) is 165 cm³/mol. The SMILES string of the molecule is Fc1cc(-c2cncc3[nH]c(-c4[nH]nc5ncc(-c6cncc(CN7CCOCC7)c6)cc45)nc23)cc(N2CCOCC2)c1. The fourth-order valence-corrected chi connectivity index (χ4v) is 5.98. The lowest BCUT2D eigenvalue weighted by Crippen LogP contribution is -2.36. The number of aromatic nitrogens is 7. The zero-order valence-corrected chi connectivity index (χ0v) is 24.0. The van der Waals surface area contributed by atoms with Crippen LogP contribution >= 0.6 is 0 Å². The normalized spacial score (nSPS) is 16.2. The maximum absolute atomic E-state index is 14.9. The van der Waals surface area contributed by atoms with E-state index in [0.717, 1.165) is 84.8 Å². The van der Waals surface area contributed by atoms with E-state index in [4.69, 9.17) is 14.5 Å². The lowest BCUT2D eigenvalue weighted by atomic mass is 10.0. The summed E-state index contributed by atoms with van der Waals surface area (Å²) >= 11 is 0.